The molecule has 0 bridgehead atoms. The predicted molar refractivity (Wildman–Crippen MR) is 78.4 cm³/mol. The highest BCUT2D eigenvalue weighted by Gasteiger charge is 2.26. The van der Waals surface area contributed by atoms with Crippen LogP contribution in [0.1, 0.15) is 45.6 Å². The van der Waals surface area contributed by atoms with Crippen LogP contribution in [0.2, 0.25) is 5.15 Å². The van der Waals surface area contributed by atoms with Gasteiger partial charge in [0.05, 0.1) is 9.26 Å². The van der Waals surface area contributed by atoms with Crippen molar-refractivity contribution >= 4 is 34.2 Å². The molecule has 1 rings (SSSR count). The molecule has 1 heterocycles. The Morgan fingerprint density at radius 1 is 1.29 bits per heavy atom. The Labute approximate surface area is 121 Å². The SMILES string of the molecule is CCCc1nc(C(C)(C)OCC)nc(Cl)c1I. The third kappa shape index (κ3) is 3.76. The summed E-state index contributed by atoms with van der Waals surface area (Å²) >= 11 is 8.34. The lowest BCUT2D eigenvalue weighted by molar-refractivity contribution is -0.0210. The van der Waals surface area contributed by atoms with Crippen LogP contribution in [0.4, 0.5) is 0 Å². The molecule has 1 aromatic heterocycles. The molecule has 5 heteroatoms. The minimum absolute atomic E-state index is 0.495. The Bertz CT molecular complexity index is 396. The first kappa shape index (κ1) is 15.1. The summed E-state index contributed by atoms with van der Waals surface area (Å²) in [7, 11) is 0. The molecule has 0 aliphatic carbocycles. The third-order valence-electron chi connectivity index (χ3n) is 2.41. The van der Waals surface area contributed by atoms with E-state index < -0.39 is 5.60 Å². The smallest absolute Gasteiger partial charge is 0.161 e. The minimum atomic E-state index is -0.495. The van der Waals surface area contributed by atoms with Crippen molar-refractivity contribution in [2.45, 2.75) is 46.1 Å². The van der Waals surface area contributed by atoms with Gasteiger partial charge in [-0.25, -0.2) is 9.97 Å². The lowest BCUT2D eigenvalue weighted by Crippen LogP contribution is -2.25. The van der Waals surface area contributed by atoms with Crippen LogP contribution in [-0.2, 0) is 16.8 Å². The van der Waals surface area contributed by atoms with E-state index in [2.05, 4.69) is 39.5 Å². The van der Waals surface area contributed by atoms with Crippen LogP contribution in [0.5, 0.6) is 0 Å². The number of aryl methyl sites for hydroxylation is 1. The Hall–Kier alpha value is 0.0600. The molecule has 0 radical (unpaired) electrons. The van der Waals surface area contributed by atoms with Crippen molar-refractivity contribution in [2.75, 3.05) is 6.61 Å². The number of rotatable bonds is 5. The van der Waals surface area contributed by atoms with Crippen molar-refractivity contribution in [1.29, 1.82) is 0 Å². The van der Waals surface area contributed by atoms with Gasteiger partial charge in [0.1, 0.15) is 10.8 Å². The van der Waals surface area contributed by atoms with Crippen LogP contribution in [-0.4, -0.2) is 16.6 Å². The van der Waals surface area contributed by atoms with Gasteiger partial charge in [-0.3, -0.25) is 0 Å². The fourth-order valence-electron chi connectivity index (χ4n) is 1.56. The molecule has 0 saturated carbocycles. The Morgan fingerprint density at radius 2 is 1.94 bits per heavy atom. The minimum Gasteiger partial charge on any atom is -0.368 e. The predicted octanol–water partition coefficient (Wildman–Crippen LogP) is 3.96. The summed E-state index contributed by atoms with van der Waals surface area (Å²) in [4.78, 5) is 8.91. The van der Waals surface area contributed by atoms with Gasteiger partial charge in [0, 0.05) is 6.61 Å². The normalized spacial score (nSPS) is 11.9. The first-order valence-corrected chi connectivity index (χ1v) is 7.24. The molecule has 3 nitrogen and oxygen atoms in total. The Balaban J connectivity index is 3.17. The van der Waals surface area contributed by atoms with E-state index in [1.165, 1.54) is 0 Å². The quantitative estimate of drug-likeness (QED) is 0.583. The van der Waals surface area contributed by atoms with Crippen LogP contribution < -0.4 is 0 Å². The maximum absolute atomic E-state index is 6.15. The van der Waals surface area contributed by atoms with Gasteiger partial charge in [-0.15, -0.1) is 0 Å². The lowest BCUT2D eigenvalue weighted by atomic mass is 10.1. The molecule has 1 aromatic rings. The molecule has 0 aliphatic heterocycles. The second-order valence-electron chi connectivity index (χ2n) is 4.29. The molecular weight excluding hydrogens is 351 g/mol. The summed E-state index contributed by atoms with van der Waals surface area (Å²) in [6.45, 7) is 8.64. The van der Waals surface area contributed by atoms with Crippen LogP contribution in [0.25, 0.3) is 0 Å². The summed E-state index contributed by atoms with van der Waals surface area (Å²) in [6.07, 6.45) is 1.95. The van der Waals surface area contributed by atoms with Gasteiger partial charge in [0.2, 0.25) is 0 Å². The monoisotopic (exact) mass is 368 g/mol. The summed E-state index contributed by atoms with van der Waals surface area (Å²) < 4.78 is 6.60. The first-order chi connectivity index (χ1) is 7.92. The number of halogens is 2. The fourth-order valence-corrected chi connectivity index (χ4v) is 2.26. The average Bonchev–Trinajstić information content (AvgIpc) is 2.24. The van der Waals surface area contributed by atoms with Crippen molar-refractivity contribution in [1.82, 2.24) is 9.97 Å². The molecule has 0 fully saturated rings. The number of hydrogen-bond donors (Lipinski definition) is 0. The number of nitrogens with zero attached hydrogens (tertiary/aromatic N) is 2. The third-order valence-corrected chi connectivity index (χ3v) is 4.14. The second-order valence-corrected chi connectivity index (χ2v) is 5.73. The van der Waals surface area contributed by atoms with Crippen molar-refractivity contribution in [3.63, 3.8) is 0 Å². The molecule has 0 atom stereocenters. The van der Waals surface area contributed by atoms with E-state index in [4.69, 9.17) is 16.3 Å². The second kappa shape index (κ2) is 6.29. The highest BCUT2D eigenvalue weighted by Crippen LogP contribution is 2.27. The Morgan fingerprint density at radius 3 is 2.47 bits per heavy atom. The molecule has 0 aromatic carbocycles. The highest BCUT2D eigenvalue weighted by atomic mass is 127. The number of aromatic nitrogens is 2. The molecule has 96 valence electrons. The van der Waals surface area contributed by atoms with E-state index in [1.807, 2.05) is 20.8 Å². The largest absolute Gasteiger partial charge is 0.368 e. The molecule has 17 heavy (non-hydrogen) atoms. The van der Waals surface area contributed by atoms with Crippen molar-refractivity contribution in [3.05, 3.63) is 20.2 Å². The van der Waals surface area contributed by atoms with Gasteiger partial charge in [-0.05, 0) is 49.8 Å². The standard InChI is InChI=1S/C12H18ClIN2O/c1-5-7-8-9(14)10(13)16-11(15-8)12(3,4)17-6-2/h5-7H2,1-4H3. The summed E-state index contributed by atoms with van der Waals surface area (Å²) in [6, 6.07) is 0. The molecule has 0 unspecified atom stereocenters. The number of ether oxygens (including phenoxy) is 1. The topological polar surface area (TPSA) is 35.0 Å². The van der Waals surface area contributed by atoms with Gasteiger partial charge in [-0.2, -0.15) is 0 Å². The van der Waals surface area contributed by atoms with Crippen LogP contribution in [0.15, 0.2) is 0 Å². The van der Waals surface area contributed by atoms with Gasteiger partial charge in [0.15, 0.2) is 5.82 Å². The summed E-state index contributed by atoms with van der Waals surface area (Å²) in [5.74, 6) is 0.660. The zero-order chi connectivity index (χ0) is 13.1. The van der Waals surface area contributed by atoms with Gasteiger partial charge in [-0.1, -0.05) is 24.9 Å². The van der Waals surface area contributed by atoms with E-state index in [-0.39, 0.29) is 0 Å². The van der Waals surface area contributed by atoms with Gasteiger partial charge < -0.3 is 4.74 Å². The number of hydrogen-bond acceptors (Lipinski definition) is 3. The molecule has 0 spiro atoms. The first-order valence-electron chi connectivity index (χ1n) is 5.78. The molecule has 0 amide bonds. The van der Waals surface area contributed by atoms with E-state index in [0.717, 1.165) is 22.1 Å². The van der Waals surface area contributed by atoms with Crippen LogP contribution >= 0.6 is 34.2 Å². The Kier molecular flexibility index (Phi) is 5.60. The van der Waals surface area contributed by atoms with Crippen molar-refractivity contribution < 1.29 is 4.74 Å². The van der Waals surface area contributed by atoms with E-state index in [9.17, 15) is 0 Å². The van der Waals surface area contributed by atoms with E-state index >= 15 is 0 Å². The zero-order valence-corrected chi connectivity index (χ0v) is 13.6. The fraction of sp³-hybridized carbons (Fsp3) is 0.667. The average molecular weight is 369 g/mol. The lowest BCUT2D eigenvalue weighted by Gasteiger charge is -2.23. The van der Waals surface area contributed by atoms with Gasteiger partial charge >= 0.3 is 0 Å². The molecular formula is C12H18ClIN2O. The van der Waals surface area contributed by atoms with Crippen LogP contribution in [0.3, 0.4) is 0 Å². The molecule has 0 saturated heterocycles. The summed E-state index contributed by atoms with van der Waals surface area (Å²) in [5, 5.41) is 0.520. The van der Waals surface area contributed by atoms with E-state index in [1.54, 1.807) is 0 Å². The maximum Gasteiger partial charge on any atom is 0.161 e. The zero-order valence-electron chi connectivity index (χ0n) is 10.7. The van der Waals surface area contributed by atoms with E-state index in [0.29, 0.717) is 17.6 Å². The van der Waals surface area contributed by atoms with Gasteiger partial charge in [0.25, 0.3) is 0 Å². The summed E-state index contributed by atoms with van der Waals surface area (Å²) in [5.41, 5.74) is 0.515. The van der Waals surface area contributed by atoms with Crippen molar-refractivity contribution in [3.8, 4) is 0 Å². The van der Waals surface area contributed by atoms with Crippen molar-refractivity contribution in [2.24, 2.45) is 0 Å². The molecule has 0 N–H and O–H groups in total. The molecule has 0 aliphatic rings. The van der Waals surface area contributed by atoms with Crippen LogP contribution in [0, 0.1) is 3.57 Å². The highest BCUT2D eigenvalue weighted by molar-refractivity contribution is 14.1. The maximum atomic E-state index is 6.15.